The van der Waals surface area contributed by atoms with E-state index in [0.717, 1.165) is 45.0 Å². The Kier molecular flexibility index (Phi) is 7.06. The number of hydrogen-bond acceptors (Lipinski definition) is 4. The van der Waals surface area contributed by atoms with Crippen LogP contribution in [-0.4, -0.2) is 50.2 Å². The number of aryl methyl sites for hydroxylation is 1. The van der Waals surface area contributed by atoms with Gasteiger partial charge in [-0.05, 0) is 55.8 Å². The van der Waals surface area contributed by atoms with Crippen molar-refractivity contribution in [2.24, 2.45) is 0 Å². The molecule has 0 bridgehead atoms. The molecule has 1 heterocycles. The van der Waals surface area contributed by atoms with E-state index in [1.807, 2.05) is 26.1 Å². The first kappa shape index (κ1) is 20.4. The molecule has 2 aromatic carbocycles. The molecule has 150 valence electrons. The Morgan fingerprint density at radius 2 is 1.68 bits per heavy atom. The van der Waals surface area contributed by atoms with Gasteiger partial charge in [-0.25, -0.2) is 0 Å². The lowest BCUT2D eigenvalue weighted by molar-refractivity contribution is -0.120. The molecule has 28 heavy (non-hydrogen) atoms. The molecule has 1 N–H and O–H groups in total. The van der Waals surface area contributed by atoms with Gasteiger partial charge in [-0.15, -0.1) is 0 Å². The van der Waals surface area contributed by atoms with E-state index in [1.54, 1.807) is 0 Å². The molecule has 3 rings (SSSR count). The van der Waals surface area contributed by atoms with Crippen molar-refractivity contribution in [3.63, 3.8) is 0 Å². The number of benzene rings is 2. The second-order valence-corrected chi connectivity index (χ2v) is 7.40. The van der Waals surface area contributed by atoms with Crippen molar-refractivity contribution in [3.8, 4) is 0 Å². The van der Waals surface area contributed by atoms with E-state index in [4.69, 9.17) is 4.74 Å². The van der Waals surface area contributed by atoms with Crippen LogP contribution in [0.4, 0.5) is 11.4 Å². The molecule has 1 atom stereocenters. The first-order chi connectivity index (χ1) is 13.6. The summed E-state index contributed by atoms with van der Waals surface area (Å²) in [7, 11) is 1.99. The van der Waals surface area contributed by atoms with Gasteiger partial charge in [-0.1, -0.05) is 31.2 Å². The summed E-state index contributed by atoms with van der Waals surface area (Å²) in [6, 6.07) is 16.4. The summed E-state index contributed by atoms with van der Waals surface area (Å²) in [4.78, 5) is 17.0. The van der Waals surface area contributed by atoms with Gasteiger partial charge in [0.25, 0.3) is 0 Å². The van der Waals surface area contributed by atoms with Gasteiger partial charge in [0.2, 0.25) is 5.91 Å². The van der Waals surface area contributed by atoms with Gasteiger partial charge >= 0.3 is 0 Å². The van der Waals surface area contributed by atoms with Crippen LogP contribution in [0, 0.1) is 0 Å². The fourth-order valence-corrected chi connectivity index (χ4v) is 3.33. The van der Waals surface area contributed by atoms with Crippen molar-refractivity contribution in [1.82, 2.24) is 4.90 Å². The maximum Gasteiger partial charge on any atom is 0.241 e. The number of carbonyl (C=O) groups is 1. The Labute approximate surface area is 168 Å². The van der Waals surface area contributed by atoms with Gasteiger partial charge in [0.05, 0.1) is 19.3 Å². The third-order valence-corrected chi connectivity index (χ3v) is 5.41. The Balaban J connectivity index is 1.53. The molecular weight excluding hydrogens is 350 g/mol. The van der Waals surface area contributed by atoms with Crippen molar-refractivity contribution < 1.29 is 9.53 Å². The number of morpholine rings is 1. The van der Waals surface area contributed by atoms with Gasteiger partial charge in [-0.3, -0.25) is 9.69 Å². The van der Waals surface area contributed by atoms with Crippen molar-refractivity contribution >= 4 is 17.3 Å². The van der Waals surface area contributed by atoms with Gasteiger partial charge in [0.1, 0.15) is 0 Å². The highest BCUT2D eigenvalue weighted by atomic mass is 16.5. The van der Waals surface area contributed by atoms with E-state index in [9.17, 15) is 4.79 Å². The van der Waals surface area contributed by atoms with Crippen molar-refractivity contribution in [1.29, 1.82) is 0 Å². The number of hydrogen-bond donors (Lipinski definition) is 1. The average molecular weight is 382 g/mol. The smallest absolute Gasteiger partial charge is 0.241 e. The standard InChI is InChI=1S/C23H31N3O2/c1-4-19-5-7-20(8-6-19)17-25(3)18(2)23(27)24-21-9-11-22(12-10-21)26-13-15-28-16-14-26/h5-12,18H,4,13-17H2,1-3H3,(H,24,27). The number of ether oxygens (including phenoxy) is 1. The van der Waals surface area contributed by atoms with Gasteiger partial charge < -0.3 is 15.0 Å². The molecule has 1 unspecified atom stereocenters. The molecule has 1 amide bonds. The summed E-state index contributed by atoms with van der Waals surface area (Å²) in [5, 5.41) is 3.03. The summed E-state index contributed by atoms with van der Waals surface area (Å²) in [5.41, 5.74) is 4.54. The number of amides is 1. The zero-order chi connectivity index (χ0) is 19.9. The van der Waals surface area contributed by atoms with Crippen LogP contribution in [0.5, 0.6) is 0 Å². The predicted octanol–water partition coefficient (Wildman–Crippen LogP) is 3.54. The van der Waals surface area contributed by atoms with Crippen LogP contribution in [0.1, 0.15) is 25.0 Å². The van der Waals surface area contributed by atoms with Crippen LogP contribution in [0.2, 0.25) is 0 Å². The maximum absolute atomic E-state index is 12.7. The Bertz CT molecular complexity index is 752. The molecule has 0 aromatic heterocycles. The summed E-state index contributed by atoms with van der Waals surface area (Å²) in [6.45, 7) is 8.19. The summed E-state index contributed by atoms with van der Waals surface area (Å²) in [6.07, 6.45) is 1.04. The number of nitrogens with one attached hydrogen (secondary N) is 1. The highest BCUT2D eigenvalue weighted by Crippen LogP contribution is 2.19. The Morgan fingerprint density at radius 3 is 2.29 bits per heavy atom. The maximum atomic E-state index is 12.7. The first-order valence-electron chi connectivity index (χ1n) is 10.1. The third-order valence-electron chi connectivity index (χ3n) is 5.41. The SMILES string of the molecule is CCc1ccc(CN(C)C(C)C(=O)Nc2ccc(N3CCOCC3)cc2)cc1. The lowest BCUT2D eigenvalue weighted by atomic mass is 10.1. The minimum atomic E-state index is -0.218. The zero-order valence-corrected chi connectivity index (χ0v) is 17.1. The molecule has 0 radical (unpaired) electrons. The van der Waals surface area contributed by atoms with E-state index in [-0.39, 0.29) is 11.9 Å². The molecule has 1 aliphatic rings. The topological polar surface area (TPSA) is 44.8 Å². The molecule has 2 aromatic rings. The fraction of sp³-hybridized carbons (Fsp3) is 0.435. The second kappa shape index (κ2) is 9.71. The van der Waals surface area contributed by atoms with Gasteiger partial charge in [0.15, 0.2) is 0 Å². The lowest BCUT2D eigenvalue weighted by Crippen LogP contribution is -2.39. The predicted molar refractivity (Wildman–Crippen MR) is 115 cm³/mol. The third kappa shape index (κ3) is 5.33. The second-order valence-electron chi connectivity index (χ2n) is 7.40. The van der Waals surface area contributed by atoms with Crippen molar-refractivity contribution in [2.45, 2.75) is 32.9 Å². The number of likely N-dealkylation sites (N-methyl/N-ethyl adjacent to an activating group) is 1. The Hall–Kier alpha value is -2.37. The van der Waals surface area contributed by atoms with Crippen molar-refractivity contribution in [2.75, 3.05) is 43.6 Å². The molecule has 0 aliphatic carbocycles. The molecule has 0 spiro atoms. The van der Waals surface area contributed by atoms with Crippen molar-refractivity contribution in [3.05, 3.63) is 59.7 Å². The minimum Gasteiger partial charge on any atom is -0.378 e. The van der Waals surface area contributed by atoms with E-state index in [2.05, 4.69) is 58.4 Å². The summed E-state index contributed by atoms with van der Waals surface area (Å²) in [5.74, 6) is 0.00630. The van der Waals surface area contributed by atoms with E-state index in [0.29, 0.717) is 0 Å². The van der Waals surface area contributed by atoms with Crippen LogP contribution < -0.4 is 10.2 Å². The van der Waals surface area contributed by atoms with Crippen LogP contribution in [0.15, 0.2) is 48.5 Å². The van der Waals surface area contributed by atoms with Crippen LogP contribution in [-0.2, 0) is 22.5 Å². The number of nitrogens with zero attached hydrogens (tertiary/aromatic N) is 2. The lowest BCUT2D eigenvalue weighted by Gasteiger charge is -2.29. The van der Waals surface area contributed by atoms with Gasteiger partial charge in [-0.2, -0.15) is 0 Å². The summed E-state index contributed by atoms with van der Waals surface area (Å²) < 4.78 is 5.40. The number of carbonyl (C=O) groups excluding carboxylic acids is 1. The molecule has 0 saturated carbocycles. The monoisotopic (exact) mass is 381 g/mol. The first-order valence-corrected chi connectivity index (χ1v) is 10.1. The largest absolute Gasteiger partial charge is 0.378 e. The minimum absolute atomic E-state index is 0.00630. The number of rotatable bonds is 7. The molecule has 1 aliphatic heterocycles. The molecule has 5 nitrogen and oxygen atoms in total. The highest BCUT2D eigenvalue weighted by molar-refractivity contribution is 5.94. The highest BCUT2D eigenvalue weighted by Gasteiger charge is 2.18. The van der Waals surface area contributed by atoms with E-state index in [1.165, 1.54) is 16.8 Å². The fourth-order valence-electron chi connectivity index (χ4n) is 3.33. The quantitative estimate of drug-likeness (QED) is 0.797. The van der Waals surface area contributed by atoms with Gasteiger partial charge in [0, 0.05) is 31.0 Å². The van der Waals surface area contributed by atoms with E-state index >= 15 is 0 Å². The van der Waals surface area contributed by atoms with Crippen LogP contribution in [0.25, 0.3) is 0 Å². The molecule has 1 saturated heterocycles. The van der Waals surface area contributed by atoms with Crippen LogP contribution >= 0.6 is 0 Å². The Morgan fingerprint density at radius 1 is 1.07 bits per heavy atom. The average Bonchev–Trinajstić information content (AvgIpc) is 2.74. The number of anilines is 2. The van der Waals surface area contributed by atoms with E-state index < -0.39 is 0 Å². The normalized spacial score (nSPS) is 15.5. The zero-order valence-electron chi connectivity index (χ0n) is 17.1. The summed E-state index contributed by atoms with van der Waals surface area (Å²) >= 11 is 0. The van der Waals surface area contributed by atoms with Crippen LogP contribution in [0.3, 0.4) is 0 Å². The molecule has 5 heteroatoms. The molecular formula is C23H31N3O2. The molecule has 1 fully saturated rings.